The molecule has 0 aliphatic carbocycles. The summed E-state index contributed by atoms with van der Waals surface area (Å²) in [6.45, 7) is 0. The van der Waals surface area contributed by atoms with E-state index < -0.39 is 0 Å². The van der Waals surface area contributed by atoms with Crippen molar-refractivity contribution in [3.63, 3.8) is 0 Å². The van der Waals surface area contributed by atoms with E-state index in [9.17, 15) is 0 Å². The van der Waals surface area contributed by atoms with Crippen molar-refractivity contribution < 1.29 is 8.83 Å². The first-order chi connectivity index (χ1) is 23.8. The second-order valence-corrected chi connectivity index (χ2v) is 12.3. The molecule has 10 aromatic rings. The van der Waals surface area contributed by atoms with Gasteiger partial charge in [-0.1, -0.05) is 127 Å². The van der Waals surface area contributed by atoms with Crippen LogP contribution in [0.2, 0.25) is 0 Å². The minimum Gasteiger partial charge on any atom is -0.455 e. The Balaban J connectivity index is 1.27. The minimum atomic E-state index is 0.777. The van der Waals surface area contributed by atoms with Crippen molar-refractivity contribution in [2.45, 2.75) is 0 Å². The van der Waals surface area contributed by atoms with Gasteiger partial charge in [0.15, 0.2) is 5.58 Å². The van der Waals surface area contributed by atoms with E-state index >= 15 is 0 Å². The van der Waals surface area contributed by atoms with Crippen LogP contribution < -0.4 is 0 Å². The molecule has 0 amide bonds. The second kappa shape index (κ2) is 10.5. The van der Waals surface area contributed by atoms with Crippen molar-refractivity contribution >= 4 is 54.8 Å². The average molecular weight is 614 g/mol. The van der Waals surface area contributed by atoms with Crippen molar-refractivity contribution in [1.29, 1.82) is 0 Å². The Morgan fingerprint density at radius 1 is 0.375 bits per heavy atom. The highest BCUT2D eigenvalue weighted by molar-refractivity contribution is 6.20. The Labute approximate surface area is 276 Å². The first kappa shape index (κ1) is 26.7. The maximum atomic E-state index is 6.97. The quantitative estimate of drug-likeness (QED) is 0.198. The molecular weight excluding hydrogens is 587 g/mol. The number of rotatable bonds is 4. The number of pyridine rings is 1. The van der Waals surface area contributed by atoms with Crippen LogP contribution in [0, 0.1) is 0 Å². The van der Waals surface area contributed by atoms with Gasteiger partial charge in [-0.05, 0) is 69.4 Å². The Morgan fingerprint density at radius 3 is 1.90 bits per heavy atom. The molecule has 7 aromatic carbocycles. The molecule has 10 rings (SSSR count). The Kier molecular flexibility index (Phi) is 5.87. The van der Waals surface area contributed by atoms with E-state index in [2.05, 4.69) is 140 Å². The molecule has 0 aliphatic rings. The van der Waals surface area contributed by atoms with E-state index in [0.717, 1.165) is 83.1 Å². The van der Waals surface area contributed by atoms with Gasteiger partial charge in [-0.2, -0.15) is 0 Å². The lowest BCUT2D eigenvalue weighted by Crippen LogP contribution is -1.89. The predicted molar refractivity (Wildman–Crippen MR) is 198 cm³/mol. The fourth-order valence-electron chi connectivity index (χ4n) is 7.22. The molecule has 0 unspecified atom stereocenters. The maximum Gasteiger partial charge on any atom is 0.161 e. The zero-order valence-electron chi connectivity index (χ0n) is 25.9. The predicted octanol–water partition coefficient (Wildman–Crippen LogP) is 12.7. The van der Waals surface area contributed by atoms with Gasteiger partial charge in [0, 0.05) is 32.8 Å². The highest BCUT2D eigenvalue weighted by Crippen LogP contribution is 2.45. The third-order valence-corrected chi connectivity index (χ3v) is 9.46. The van der Waals surface area contributed by atoms with Gasteiger partial charge in [0.1, 0.15) is 22.3 Å². The number of furan rings is 2. The molecule has 3 aromatic heterocycles. The van der Waals surface area contributed by atoms with Gasteiger partial charge in [0.25, 0.3) is 0 Å². The van der Waals surface area contributed by atoms with Gasteiger partial charge >= 0.3 is 0 Å². The van der Waals surface area contributed by atoms with Crippen molar-refractivity contribution in [3.05, 3.63) is 164 Å². The number of para-hydroxylation sites is 2. The van der Waals surface area contributed by atoms with Crippen LogP contribution in [-0.4, -0.2) is 4.98 Å². The summed E-state index contributed by atoms with van der Waals surface area (Å²) < 4.78 is 13.5. The highest BCUT2D eigenvalue weighted by Gasteiger charge is 2.22. The zero-order valence-corrected chi connectivity index (χ0v) is 25.9. The van der Waals surface area contributed by atoms with E-state index in [1.807, 2.05) is 24.3 Å². The molecule has 0 saturated carbocycles. The van der Waals surface area contributed by atoms with E-state index in [0.29, 0.717) is 0 Å². The number of benzene rings is 7. The number of hydrogen-bond acceptors (Lipinski definition) is 3. The molecule has 0 radical (unpaired) electrons. The van der Waals surface area contributed by atoms with Crippen LogP contribution in [0.25, 0.3) is 99.4 Å². The van der Waals surface area contributed by atoms with Crippen LogP contribution in [0.4, 0.5) is 0 Å². The molecule has 0 bridgehead atoms. The molecule has 224 valence electrons. The smallest absolute Gasteiger partial charge is 0.161 e. The summed E-state index contributed by atoms with van der Waals surface area (Å²) in [6, 6.07) is 57.2. The lowest BCUT2D eigenvalue weighted by atomic mass is 9.94. The van der Waals surface area contributed by atoms with Crippen molar-refractivity contribution in [1.82, 2.24) is 4.98 Å². The summed E-state index contributed by atoms with van der Waals surface area (Å²) in [5.74, 6) is 0. The standard InChI is InChI=1S/C45H27NO2/c1-3-13-28(14-4-1)30-18-11-19-31(25-30)37-27-39(46-42-36-21-9-10-24-40(36)47-45(37)42)35-23-12-22-34-38-26-32-17-7-8-20-33(32)41(44(38)48-43(34)35)29-15-5-2-6-16-29/h1-27H. The van der Waals surface area contributed by atoms with Crippen LogP contribution in [0.1, 0.15) is 0 Å². The van der Waals surface area contributed by atoms with Crippen LogP contribution in [-0.2, 0) is 0 Å². The molecule has 0 aliphatic heterocycles. The van der Waals surface area contributed by atoms with Crippen LogP contribution >= 0.6 is 0 Å². The van der Waals surface area contributed by atoms with Gasteiger partial charge in [0.2, 0.25) is 0 Å². The van der Waals surface area contributed by atoms with Gasteiger partial charge < -0.3 is 8.83 Å². The SMILES string of the molecule is c1ccc(-c2cccc(-c3cc(-c4cccc5c4oc4c(-c6ccccc6)c6ccccc6cc45)nc4c3oc3ccccc34)c2)cc1. The number of hydrogen-bond donors (Lipinski definition) is 0. The van der Waals surface area contributed by atoms with Crippen LogP contribution in [0.15, 0.2) is 173 Å². The van der Waals surface area contributed by atoms with Gasteiger partial charge in [-0.15, -0.1) is 0 Å². The summed E-state index contributed by atoms with van der Waals surface area (Å²) in [4.78, 5) is 5.30. The third kappa shape index (κ3) is 4.11. The summed E-state index contributed by atoms with van der Waals surface area (Å²) in [5, 5.41) is 5.50. The van der Waals surface area contributed by atoms with Crippen molar-refractivity contribution in [2.24, 2.45) is 0 Å². The first-order valence-corrected chi connectivity index (χ1v) is 16.2. The number of aromatic nitrogens is 1. The molecule has 48 heavy (non-hydrogen) atoms. The molecule has 3 heterocycles. The molecular formula is C45H27NO2. The van der Waals surface area contributed by atoms with E-state index in [1.165, 1.54) is 16.3 Å². The van der Waals surface area contributed by atoms with Crippen LogP contribution in [0.5, 0.6) is 0 Å². The zero-order chi connectivity index (χ0) is 31.6. The number of fused-ring (bicyclic) bond motifs is 7. The van der Waals surface area contributed by atoms with Gasteiger partial charge in [-0.25, -0.2) is 4.98 Å². The van der Waals surface area contributed by atoms with E-state index in [4.69, 9.17) is 13.8 Å². The van der Waals surface area contributed by atoms with Crippen molar-refractivity contribution in [3.8, 4) is 44.6 Å². The van der Waals surface area contributed by atoms with Gasteiger partial charge in [0.05, 0.1) is 5.69 Å². The Hall–Kier alpha value is -6.45. The average Bonchev–Trinajstić information content (AvgIpc) is 3.72. The molecule has 3 heteroatoms. The van der Waals surface area contributed by atoms with Gasteiger partial charge in [-0.3, -0.25) is 0 Å². The molecule has 0 spiro atoms. The lowest BCUT2D eigenvalue weighted by molar-refractivity contribution is 0.668. The second-order valence-electron chi connectivity index (χ2n) is 12.3. The molecule has 0 fully saturated rings. The fraction of sp³-hybridized carbons (Fsp3) is 0. The van der Waals surface area contributed by atoms with E-state index in [-0.39, 0.29) is 0 Å². The largest absolute Gasteiger partial charge is 0.455 e. The minimum absolute atomic E-state index is 0.777. The summed E-state index contributed by atoms with van der Waals surface area (Å²) in [5.41, 5.74) is 12.5. The topological polar surface area (TPSA) is 39.2 Å². The highest BCUT2D eigenvalue weighted by atomic mass is 16.3. The molecule has 3 nitrogen and oxygen atoms in total. The lowest BCUT2D eigenvalue weighted by Gasteiger charge is -2.10. The third-order valence-electron chi connectivity index (χ3n) is 9.46. The van der Waals surface area contributed by atoms with E-state index in [1.54, 1.807) is 0 Å². The van der Waals surface area contributed by atoms with Crippen molar-refractivity contribution in [2.75, 3.05) is 0 Å². The summed E-state index contributed by atoms with van der Waals surface area (Å²) >= 11 is 0. The number of nitrogens with zero attached hydrogens (tertiary/aromatic N) is 1. The molecule has 0 saturated heterocycles. The molecule has 0 atom stereocenters. The normalized spacial score (nSPS) is 11.8. The Morgan fingerprint density at radius 2 is 1.04 bits per heavy atom. The van der Waals surface area contributed by atoms with Crippen LogP contribution in [0.3, 0.4) is 0 Å². The monoisotopic (exact) mass is 613 g/mol. The maximum absolute atomic E-state index is 6.97. The fourth-order valence-corrected chi connectivity index (χ4v) is 7.22. The summed E-state index contributed by atoms with van der Waals surface area (Å²) in [7, 11) is 0. The first-order valence-electron chi connectivity index (χ1n) is 16.2. The Bertz CT molecular complexity index is 2830. The molecule has 0 N–H and O–H groups in total. The summed E-state index contributed by atoms with van der Waals surface area (Å²) in [6.07, 6.45) is 0.